The average Bonchev–Trinajstić information content (AvgIpc) is 3.04. The van der Waals surface area contributed by atoms with Gasteiger partial charge < -0.3 is 4.74 Å². The molecule has 3 unspecified atom stereocenters. The van der Waals surface area contributed by atoms with Crippen molar-refractivity contribution < 1.29 is 9.53 Å². The van der Waals surface area contributed by atoms with Crippen LogP contribution in [0.2, 0.25) is 0 Å². The molecule has 3 aliphatic rings. The molecule has 4 rings (SSSR count). The summed E-state index contributed by atoms with van der Waals surface area (Å²) in [6.07, 6.45) is 6.17. The lowest BCUT2D eigenvalue weighted by atomic mass is 9.86. The molecule has 0 spiro atoms. The minimum Gasteiger partial charge on any atom is -0.453 e. The Morgan fingerprint density at radius 3 is 2.45 bits per heavy atom. The number of hydrogen-bond acceptors (Lipinski definition) is 3. The summed E-state index contributed by atoms with van der Waals surface area (Å²) in [5, 5.41) is 0. The zero-order valence-electron chi connectivity index (χ0n) is 18.6. The lowest BCUT2D eigenvalue weighted by Gasteiger charge is -2.37. The maximum absolute atomic E-state index is 12.0. The Balaban J connectivity index is 0.00000117. The summed E-state index contributed by atoms with van der Waals surface area (Å²) in [5.41, 5.74) is 3.61. The van der Waals surface area contributed by atoms with Gasteiger partial charge in [-0.1, -0.05) is 65.0 Å². The zero-order valence-corrected chi connectivity index (χ0v) is 18.6. The van der Waals surface area contributed by atoms with E-state index in [0.717, 1.165) is 37.1 Å². The van der Waals surface area contributed by atoms with E-state index >= 15 is 0 Å². The minimum atomic E-state index is -0.191. The Hall–Kier alpha value is -2.05. The van der Waals surface area contributed by atoms with Gasteiger partial charge in [0.25, 0.3) is 0 Å². The van der Waals surface area contributed by atoms with Gasteiger partial charge in [-0.3, -0.25) is 4.90 Å². The van der Waals surface area contributed by atoms with E-state index in [9.17, 15) is 4.79 Å². The second-order valence-corrected chi connectivity index (χ2v) is 9.04. The van der Waals surface area contributed by atoms with E-state index in [4.69, 9.17) is 4.74 Å². The predicted octanol–water partition coefficient (Wildman–Crippen LogP) is 5.09. The van der Waals surface area contributed by atoms with Crippen LogP contribution in [-0.4, -0.2) is 36.1 Å². The summed E-state index contributed by atoms with van der Waals surface area (Å²) < 4.78 is 5.71. The molecule has 3 atom stereocenters. The minimum absolute atomic E-state index is 0.0946. The molecule has 156 valence electrons. The lowest BCUT2D eigenvalue weighted by Crippen LogP contribution is -2.46. The molecule has 1 aromatic rings. The molecule has 0 aromatic heterocycles. The van der Waals surface area contributed by atoms with E-state index in [1.165, 1.54) is 18.4 Å². The molecule has 0 saturated carbocycles. The van der Waals surface area contributed by atoms with Crippen molar-refractivity contribution in [2.75, 3.05) is 13.1 Å². The Bertz CT molecular complexity index is 804. The Morgan fingerprint density at radius 2 is 1.76 bits per heavy atom. The third-order valence-electron chi connectivity index (χ3n) is 6.12. The van der Waals surface area contributed by atoms with Crippen molar-refractivity contribution in [1.82, 2.24) is 4.90 Å². The van der Waals surface area contributed by atoms with Crippen LogP contribution in [0, 0.1) is 17.8 Å². The van der Waals surface area contributed by atoms with Crippen molar-refractivity contribution in [3.05, 3.63) is 47.0 Å². The normalized spacial score (nSPS) is 26.4. The van der Waals surface area contributed by atoms with Crippen LogP contribution < -0.4 is 0 Å². The van der Waals surface area contributed by atoms with Crippen molar-refractivity contribution in [3.8, 4) is 11.8 Å². The number of hydrogen-bond donors (Lipinski definition) is 0. The maximum Gasteiger partial charge on any atom is 0.331 e. The molecule has 0 amide bonds. The highest BCUT2D eigenvalue weighted by molar-refractivity contribution is 5.86. The zero-order chi connectivity index (χ0) is 21.0. The van der Waals surface area contributed by atoms with Crippen LogP contribution in [0.1, 0.15) is 71.4 Å². The smallest absolute Gasteiger partial charge is 0.331 e. The summed E-state index contributed by atoms with van der Waals surface area (Å²) in [5.74, 6) is 6.73. The van der Waals surface area contributed by atoms with Gasteiger partial charge in [0.15, 0.2) is 0 Å². The van der Waals surface area contributed by atoms with Crippen molar-refractivity contribution >= 4 is 5.97 Å². The number of carbonyl (C=O) groups is 1. The van der Waals surface area contributed by atoms with E-state index in [1.807, 2.05) is 13.8 Å². The van der Waals surface area contributed by atoms with Crippen LogP contribution in [0.4, 0.5) is 0 Å². The fraction of sp³-hybridized carbons (Fsp3) is 0.577. The van der Waals surface area contributed by atoms with Crippen LogP contribution >= 0.6 is 0 Å². The quantitative estimate of drug-likeness (QED) is 0.454. The third-order valence-corrected chi connectivity index (χ3v) is 6.12. The summed E-state index contributed by atoms with van der Waals surface area (Å²) in [6, 6.07) is 8.89. The van der Waals surface area contributed by atoms with Crippen LogP contribution in [-0.2, 0) is 14.9 Å². The molecule has 3 heterocycles. The molecule has 0 bridgehead atoms. The van der Waals surface area contributed by atoms with Gasteiger partial charge in [0.1, 0.15) is 6.10 Å². The molecular formula is C26H35NO2. The first kappa shape index (κ1) is 21.7. The summed E-state index contributed by atoms with van der Waals surface area (Å²) in [4.78, 5) is 14.5. The second kappa shape index (κ2) is 9.18. The monoisotopic (exact) mass is 393 g/mol. The van der Waals surface area contributed by atoms with E-state index in [1.54, 1.807) is 6.08 Å². The Morgan fingerprint density at radius 1 is 1.03 bits per heavy atom. The molecule has 3 aliphatic heterocycles. The number of benzene rings is 1. The number of fused-ring (bicyclic) bond motifs is 3. The standard InChI is InChI=1S/C24H29NO2.C2H6/c1-24(2,3)19-11-8-17(9-12-19)7-10-18-13-15-25-14-5-4-6-21(25)23-20(18)16-22(26)27-23;1-2/h8-9,11-12,16,18,21,23H,4-6,13-15H2,1-3H3;1-2H3. The van der Waals surface area contributed by atoms with E-state index in [0.29, 0.717) is 6.04 Å². The molecule has 3 nitrogen and oxygen atoms in total. The van der Waals surface area contributed by atoms with Gasteiger partial charge in [-0.15, -0.1) is 0 Å². The molecule has 1 aromatic carbocycles. The largest absolute Gasteiger partial charge is 0.453 e. The topological polar surface area (TPSA) is 29.5 Å². The highest BCUT2D eigenvalue weighted by Gasteiger charge is 2.42. The fourth-order valence-corrected chi connectivity index (χ4v) is 4.52. The van der Waals surface area contributed by atoms with Crippen molar-refractivity contribution in [3.63, 3.8) is 0 Å². The van der Waals surface area contributed by atoms with Gasteiger partial charge in [0, 0.05) is 24.1 Å². The number of nitrogens with zero attached hydrogens (tertiary/aromatic N) is 1. The fourth-order valence-electron chi connectivity index (χ4n) is 4.52. The summed E-state index contributed by atoms with van der Waals surface area (Å²) in [6.45, 7) is 12.8. The maximum atomic E-state index is 12.0. The molecule has 3 heteroatoms. The first-order valence-electron chi connectivity index (χ1n) is 11.2. The van der Waals surface area contributed by atoms with Crippen LogP contribution in [0.15, 0.2) is 35.9 Å². The van der Waals surface area contributed by atoms with Crippen molar-refractivity contribution in [1.29, 1.82) is 0 Å². The van der Waals surface area contributed by atoms with E-state index in [2.05, 4.69) is 61.8 Å². The molecule has 2 saturated heterocycles. The summed E-state index contributed by atoms with van der Waals surface area (Å²) in [7, 11) is 0. The molecule has 2 fully saturated rings. The molecule has 0 aliphatic carbocycles. The number of piperidine rings is 1. The van der Waals surface area contributed by atoms with Gasteiger partial charge in [0.2, 0.25) is 0 Å². The Labute approximate surface area is 176 Å². The first-order valence-corrected chi connectivity index (χ1v) is 11.2. The van der Waals surface area contributed by atoms with Gasteiger partial charge in [-0.2, -0.15) is 0 Å². The second-order valence-electron chi connectivity index (χ2n) is 9.04. The van der Waals surface area contributed by atoms with Gasteiger partial charge in [-0.05, 0) is 54.5 Å². The van der Waals surface area contributed by atoms with Crippen molar-refractivity contribution in [2.45, 2.75) is 77.9 Å². The van der Waals surface area contributed by atoms with E-state index < -0.39 is 0 Å². The number of rotatable bonds is 0. The molecule has 29 heavy (non-hydrogen) atoms. The van der Waals surface area contributed by atoms with Crippen LogP contribution in [0.25, 0.3) is 0 Å². The number of ether oxygens (including phenoxy) is 1. The average molecular weight is 394 g/mol. The first-order chi connectivity index (χ1) is 13.9. The predicted molar refractivity (Wildman–Crippen MR) is 119 cm³/mol. The molecular weight excluding hydrogens is 358 g/mol. The summed E-state index contributed by atoms with van der Waals surface area (Å²) >= 11 is 0. The van der Waals surface area contributed by atoms with Gasteiger partial charge in [-0.25, -0.2) is 4.79 Å². The Kier molecular flexibility index (Phi) is 6.85. The van der Waals surface area contributed by atoms with E-state index in [-0.39, 0.29) is 23.4 Å². The third kappa shape index (κ3) is 4.93. The SMILES string of the molecule is CC.CC(C)(C)c1ccc(C#CC2CCN3CCCCC3C3OC(=O)C=C23)cc1. The van der Waals surface area contributed by atoms with Crippen molar-refractivity contribution in [2.24, 2.45) is 5.92 Å². The highest BCUT2D eigenvalue weighted by Crippen LogP contribution is 2.36. The molecule has 0 radical (unpaired) electrons. The number of carbonyl (C=O) groups excluding carboxylic acids is 1. The van der Waals surface area contributed by atoms with Crippen LogP contribution in [0.3, 0.4) is 0 Å². The lowest BCUT2D eigenvalue weighted by molar-refractivity contribution is -0.141. The van der Waals surface area contributed by atoms with Crippen LogP contribution in [0.5, 0.6) is 0 Å². The highest BCUT2D eigenvalue weighted by atomic mass is 16.5. The van der Waals surface area contributed by atoms with Gasteiger partial charge >= 0.3 is 5.97 Å². The number of esters is 1. The van der Waals surface area contributed by atoms with Gasteiger partial charge in [0.05, 0.1) is 6.04 Å². The molecule has 0 N–H and O–H groups in total.